The number of benzene rings is 1. The second-order valence-corrected chi connectivity index (χ2v) is 15.5. The molecule has 3 rings (SSSR count). The van der Waals surface area contributed by atoms with Gasteiger partial charge in [-0.25, -0.2) is 13.7 Å². The van der Waals surface area contributed by atoms with Gasteiger partial charge in [-0.2, -0.15) is 0 Å². The fourth-order valence-electron chi connectivity index (χ4n) is 5.79. The first kappa shape index (κ1) is 34.5. The number of hydrogen-bond acceptors (Lipinski definition) is 7. The molecule has 1 aliphatic carbocycles. The van der Waals surface area contributed by atoms with Gasteiger partial charge >= 0.3 is 12.1 Å². The Morgan fingerprint density at radius 1 is 1.05 bits per heavy atom. The summed E-state index contributed by atoms with van der Waals surface area (Å²) in [5.74, 6) is 0.174. The number of rotatable bonds is 11. The molecular weight excluding hydrogens is 554 g/mol. The summed E-state index contributed by atoms with van der Waals surface area (Å²) in [6, 6.07) is 10.2. The van der Waals surface area contributed by atoms with E-state index in [0.717, 1.165) is 25.7 Å². The Balaban J connectivity index is 1.84. The van der Waals surface area contributed by atoms with E-state index in [1.54, 1.807) is 11.8 Å². The van der Waals surface area contributed by atoms with Crippen molar-refractivity contribution in [3.63, 3.8) is 0 Å². The van der Waals surface area contributed by atoms with E-state index >= 15 is 0 Å². The van der Waals surface area contributed by atoms with Gasteiger partial charge in [0.05, 0.1) is 53.2 Å². The second-order valence-electron chi connectivity index (χ2n) is 13.6. The van der Waals surface area contributed by atoms with Gasteiger partial charge in [0.25, 0.3) is 0 Å². The Morgan fingerprint density at radius 2 is 1.71 bits per heavy atom. The normalized spacial score (nSPS) is 26.0. The van der Waals surface area contributed by atoms with Gasteiger partial charge in [0.1, 0.15) is 5.60 Å². The highest BCUT2D eigenvalue weighted by Crippen LogP contribution is 2.36. The molecule has 3 atom stereocenters. The van der Waals surface area contributed by atoms with Crippen molar-refractivity contribution < 1.29 is 28.0 Å². The number of nitrogens with one attached hydrogen (secondary N) is 2. The van der Waals surface area contributed by atoms with Crippen LogP contribution < -0.4 is 10.0 Å². The van der Waals surface area contributed by atoms with Crippen molar-refractivity contribution in [2.24, 2.45) is 0 Å². The molecule has 1 unspecified atom stereocenters. The zero-order chi connectivity index (χ0) is 31.0. The second kappa shape index (κ2) is 15.1. The largest absolute Gasteiger partial charge is 0.465 e. The van der Waals surface area contributed by atoms with Gasteiger partial charge in [0.2, 0.25) is 0 Å². The van der Waals surface area contributed by atoms with E-state index in [2.05, 4.69) is 34.3 Å². The van der Waals surface area contributed by atoms with Crippen molar-refractivity contribution in [2.45, 2.75) is 121 Å². The number of piperidine rings is 1. The molecule has 2 aliphatic rings. The van der Waals surface area contributed by atoms with Crippen LogP contribution in [-0.2, 0) is 30.0 Å². The Hall–Kier alpha value is -2.01. The Bertz CT molecular complexity index is 1030. The molecule has 238 valence electrons. The summed E-state index contributed by atoms with van der Waals surface area (Å²) in [5, 5.41) is 3.23. The van der Waals surface area contributed by atoms with Crippen LogP contribution >= 0.6 is 0 Å². The van der Waals surface area contributed by atoms with Crippen LogP contribution in [-0.4, -0.2) is 82.1 Å². The average molecular weight is 608 g/mol. The van der Waals surface area contributed by atoms with Crippen molar-refractivity contribution in [2.75, 3.05) is 32.8 Å². The zero-order valence-corrected chi connectivity index (χ0v) is 27.5. The van der Waals surface area contributed by atoms with E-state index in [0.29, 0.717) is 38.5 Å². The molecule has 2 fully saturated rings. The van der Waals surface area contributed by atoms with Crippen LogP contribution in [0, 0.1) is 0 Å². The molecule has 1 saturated carbocycles. The van der Waals surface area contributed by atoms with Gasteiger partial charge < -0.3 is 24.4 Å². The first-order valence-corrected chi connectivity index (χ1v) is 16.6. The molecule has 1 aromatic carbocycles. The number of likely N-dealkylation sites (tertiary alicyclic amines) is 1. The SMILES string of the molecule is CCOC(=O)CNC[C@]1(NS(=O)C(C)(C)C)CCCN(C(=O)OC(C)(C)C)[C@H]1COC1CCC(c2ccccc2)CC1. The highest BCUT2D eigenvalue weighted by Gasteiger charge is 2.49. The van der Waals surface area contributed by atoms with E-state index in [9.17, 15) is 13.8 Å². The first-order chi connectivity index (χ1) is 19.7. The van der Waals surface area contributed by atoms with E-state index < -0.39 is 39.0 Å². The summed E-state index contributed by atoms with van der Waals surface area (Å²) in [4.78, 5) is 27.5. The minimum absolute atomic E-state index is 0.0168. The lowest BCUT2D eigenvalue weighted by molar-refractivity contribution is -0.142. The maximum absolute atomic E-state index is 13.6. The standard InChI is InChI=1S/C32H53N3O6S/c1-8-39-28(36)21-33-23-32(34-42(38)31(5,6)7)19-12-20-35(29(37)41-30(2,3)4)27(32)22-40-26-17-15-25(16-18-26)24-13-10-9-11-14-24/h9-11,13-14,25-27,33-34H,8,12,15-23H2,1-7H3/t25?,26?,27-,32+,42?/m0/s1. The fraction of sp³-hybridized carbons (Fsp3) is 0.750. The lowest BCUT2D eigenvalue weighted by Gasteiger charge is -2.51. The highest BCUT2D eigenvalue weighted by atomic mass is 32.2. The molecule has 1 aromatic rings. The Labute approximate surface area is 255 Å². The molecule has 42 heavy (non-hydrogen) atoms. The van der Waals surface area contributed by atoms with Crippen molar-refractivity contribution in [1.29, 1.82) is 0 Å². The van der Waals surface area contributed by atoms with E-state index in [1.165, 1.54) is 5.56 Å². The molecular formula is C32H53N3O6S. The average Bonchev–Trinajstić information content (AvgIpc) is 2.91. The molecule has 10 heteroatoms. The van der Waals surface area contributed by atoms with Crippen LogP contribution in [0.25, 0.3) is 0 Å². The van der Waals surface area contributed by atoms with Gasteiger partial charge in [0, 0.05) is 13.1 Å². The number of hydrogen-bond donors (Lipinski definition) is 2. The van der Waals surface area contributed by atoms with Crippen LogP contribution in [0.4, 0.5) is 4.79 Å². The lowest BCUT2D eigenvalue weighted by atomic mass is 9.81. The molecule has 1 amide bonds. The number of esters is 1. The highest BCUT2D eigenvalue weighted by molar-refractivity contribution is 7.84. The fourth-order valence-corrected chi connectivity index (χ4v) is 6.77. The molecule has 0 aromatic heterocycles. The van der Waals surface area contributed by atoms with Gasteiger partial charge in [-0.05, 0) is 98.5 Å². The molecule has 1 aliphatic heterocycles. The van der Waals surface area contributed by atoms with Crippen LogP contribution in [0.2, 0.25) is 0 Å². The minimum atomic E-state index is -1.43. The molecule has 2 N–H and O–H groups in total. The number of ether oxygens (including phenoxy) is 3. The van der Waals surface area contributed by atoms with E-state index in [-0.39, 0.29) is 25.2 Å². The van der Waals surface area contributed by atoms with Gasteiger partial charge in [-0.3, -0.25) is 4.79 Å². The van der Waals surface area contributed by atoms with Crippen LogP contribution in [0.15, 0.2) is 30.3 Å². The van der Waals surface area contributed by atoms with Gasteiger partial charge in [-0.15, -0.1) is 0 Å². The third-order valence-electron chi connectivity index (χ3n) is 7.97. The Kier molecular flexibility index (Phi) is 12.4. The smallest absolute Gasteiger partial charge is 0.410 e. The van der Waals surface area contributed by atoms with Crippen molar-refractivity contribution in [3.05, 3.63) is 35.9 Å². The predicted octanol–water partition coefficient (Wildman–Crippen LogP) is 5.07. The maximum Gasteiger partial charge on any atom is 0.410 e. The van der Waals surface area contributed by atoms with E-state index in [1.807, 2.05) is 47.6 Å². The summed E-state index contributed by atoms with van der Waals surface area (Å²) >= 11 is 0. The summed E-state index contributed by atoms with van der Waals surface area (Å²) in [6.45, 7) is 14.5. The van der Waals surface area contributed by atoms with Crippen LogP contribution in [0.3, 0.4) is 0 Å². The van der Waals surface area contributed by atoms with Gasteiger partial charge in [-0.1, -0.05) is 30.3 Å². The molecule has 1 saturated heterocycles. The maximum atomic E-state index is 13.6. The summed E-state index contributed by atoms with van der Waals surface area (Å²) in [6.07, 6.45) is 4.97. The van der Waals surface area contributed by atoms with E-state index in [4.69, 9.17) is 14.2 Å². The monoisotopic (exact) mass is 607 g/mol. The first-order valence-electron chi connectivity index (χ1n) is 15.5. The third kappa shape index (κ3) is 10.0. The van der Waals surface area contributed by atoms with Crippen molar-refractivity contribution in [3.8, 4) is 0 Å². The predicted molar refractivity (Wildman–Crippen MR) is 167 cm³/mol. The molecule has 0 bridgehead atoms. The summed E-state index contributed by atoms with van der Waals surface area (Å²) < 4.78 is 34.0. The summed E-state index contributed by atoms with van der Waals surface area (Å²) in [5.41, 5.74) is -0.108. The number of carbonyl (C=O) groups is 2. The molecule has 0 radical (unpaired) electrons. The van der Waals surface area contributed by atoms with Crippen LogP contribution in [0.5, 0.6) is 0 Å². The quantitative estimate of drug-likeness (QED) is 0.338. The third-order valence-corrected chi connectivity index (χ3v) is 9.67. The van der Waals surface area contributed by atoms with Gasteiger partial charge in [0.15, 0.2) is 0 Å². The van der Waals surface area contributed by atoms with Crippen molar-refractivity contribution >= 4 is 23.0 Å². The topological polar surface area (TPSA) is 106 Å². The Morgan fingerprint density at radius 3 is 2.31 bits per heavy atom. The molecule has 1 heterocycles. The van der Waals surface area contributed by atoms with Crippen molar-refractivity contribution in [1.82, 2.24) is 14.9 Å². The van der Waals surface area contributed by atoms with Crippen LogP contribution in [0.1, 0.15) is 98.5 Å². The summed E-state index contributed by atoms with van der Waals surface area (Å²) in [7, 11) is -1.43. The minimum Gasteiger partial charge on any atom is -0.465 e. The number of carbonyl (C=O) groups excluding carboxylic acids is 2. The molecule has 0 spiro atoms. The lowest BCUT2D eigenvalue weighted by Crippen LogP contribution is -2.71. The molecule has 9 nitrogen and oxygen atoms in total. The number of nitrogens with zero attached hydrogens (tertiary/aromatic N) is 1. The number of amides is 1. The zero-order valence-electron chi connectivity index (χ0n) is 26.7.